The van der Waals surface area contributed by atoms with Crippen LogP contribution in [-0.2, 0) is 25.6 Å². The molecule has 0 radical (unpaired) electrons. The minimum atomic E-state index is -0.998. The summed E-state index contributed by atoms with van der Waals surface area (Å²) in [5, 5.41) is 17.2. The normalized spacial score (nSPS) is 24.3. The molecular formula is C24H30N6O5. The van der Waals surface area contributed by atoms with Crippen molar-refractivity contribution >= 4 is 36.2 Å². The molecule has 0 saturated carbocycles. The molecule has 11 nitrogen and oxygen atoms in total. The van der Waals surface area contributed by atoms with Crippen molar-refractivity contribution in [2.45, 2.75) is 62.7 Å². The fourth-order valence-corrected chi connectivity index (χ4v) is 4.60. The van der Waals surface area contributed by atoms with Crippen LogP contribution in [0.2, 0.25) is 0 Å². The standard InChI is InChI=1S/C24H30N6O5/c31-17-5-3-15(4-6-17)9-11-30-10-1-2-20(30)24(35)29-23(34)19(12-16-13-25-14-26-16)28-22(33)18-7-8-21(32)27-18/h3-6,13-14,16,18-20,31H,1-2,7-12H2,(H,27,32)(H,28,33)(H,29,34,35)/t16?,18-,19-,20-/m0/s1. The number of imide groups is 1. The average Bonchev–Trinajstić information content (AvgIpc) is 3.60. The summed E-state index contributed by atoms with van der Waals surface area (Å²) in [6.45, 7) is 1.39. The summed E-state index contributed by atoms with van der Waals surface area (Å²) in [6, 6.07) is 4.44. The van der Waals surface area contributed by atoms with Crippen molar-refractivity contribution in [2.24, 2.45) is 9.98 Å². The highest BCUT2D eigenvalue weighted by Crippen LogP contribution is 2.19. The lowest BCUT2D eigenvalue weighted by molar-refractivity contribution is -0.136. The van der Waals surface area contributed by atoms with Gasteiger partial charge in [-0.3, -0.25) is 34.4 Å². The minimum Gasteiger partial charge on any atom is -0.508 e. The number of phenolic OH excluding ortho intramolecular Hbond substituents is 1. The lowest BCUT2D eigenvalue weighted by atomic mass is 10.1. The highest BCUT2D eigenvalue weighted by atomic mass is 16.3. The Bertz CT molecular complexity index is 1010. The van der Waals surface area contributed by atoms with Crippen LogP contribution in [0.15, 0.2) is 34.3 Å². The Kier molecular flexibility index (Phi) is 7.86. The summed E-state index contributed by atoms with van der Waals surface area (Å²) in [7, 11) is 0. The number of aliphatic imine (C=N–C) groups is 2. The van der Waals surface area contributed by atoms with Gasteiger partial charge in [-0.25, -0.2) is 4.99 Å². The predicted octanol–water partition coefficient (Wildman–Crippen LogP) is -0.323. The van der Waals surface area contributed by atoms with Gasteiger partial charge in [-0.2, -0.15) is 0 Å². The molecule has 3 aliphatic rings. The van der Waals surface area contributed by atoms with E-state index in [9.17, 15) is 24.3 Å². The molecule has 2 saturated heterocycles. The number of carbonyl (C=O) groups is 4. The summed E-state index contributed by atoms with van der Waals surface area (Å²) in [5.74, 6) is -1.46. The van der Waals surface area contributed by atoms with Gasteiger partial charge in [-0.1, -0.05) is 12.1 Å². The maximum atomic E-state index is 13.1. The molecule has 3 aliphatic heterocycles. The third kappa shape index (κ3) is 6.50. The second-order valence-corrected chi connectivity index (χ2v) is 9.05. The number of benzene rings is 1. The zero-order valence-electron chi connectivity index (χ0n) is 19.4. The highest BCUT2D eigenvalue weighted by molar-refractivity contribution is 6.02. The molecule has 3 heterocycles. The Morgan fingerprint density at radius 3 is 2.66 bits per heavy atom. The van der Waals surface area contributed by atoms with Crippen molar-refractivity contribution in [1.82, 2.24) is 20.9 Å². The third-order valence-electron chi connectivity index (χ3n) is 6.54. The molecule has 2 fully saturated rings. The molecule has 4 amide bonds. The van der Waals surface area contributed by atoms with E-state index >= 15 is 0 Å². The van der Waals surface area contributed by atoms with E-state index in [2.05, 4.69) is 25.9 Å². The van der Waals surface area contributed by atoms with Crippen molar-refractivity contribution in [3.8, 4) is 5.75 Å². The Balaban J connectivity index is 1.35. The molecule has 0 spiro atoms. The Morgan fingerprint density at radius 1 is 1.17 bits per heavy atom. The topological polar surface area (TPSA) is 153 Å². The van der Waals surface area contributed by atoms with Gasteiger partial charge in [-0.05, 0) is 49.9 Å². The summed E-state index contributed by atoms with van der Waals surface area (Å²) >= 11 is 0. The summed E-state index contributed by atoms with van der Waals surface area (Å²) in [6.07, 6.45) is 5.93. The quantitative estimate of drug-likeness (QED) is 0.378. The van der Waals surface area contributed by atoms with E-state index in [1.807, 2.05) is 17.0 Å². The first-order valence-electron chi connectivity index (χ1n) is 11.9. The van der Waals surface area contributed by atoms with Gasteiger partial charge in [0, 0.05) is 25.6 Å². The highest BCUT2D eigenvalue weighted by Gasteiger charge is 2.35. The number of phenols is 1. The van der Waals surface area contributed by atoms with E-state index < -0.39 is 35.8 Å². The van der Waals surface area contributed by atoms with Crippen LogP contribution in [0.3, 0.4) is 0 Å². The van der Waals surface area contributed by atoms with Gasteiger partial charge in [-0.15, -0.1) is 0 Å². The number of hydrogen-bond acceptors (Lipinski definition) is 8. The van der Waals surface area contributed by atoms with Gasteiger partial charge in [0.15, 0.2) is 0 Å². The van der Waals surface area contributed by atoms with Crippen molar-refractivity contribution < 1.29 is 24.3 Å². The van der Waals surface area contributed by atoms with Gasteiger partial charge in [0.05, 0.1) is 12.1 Å². The Morgan fingerprint density at radius 2 is 1.97 bits per heavy atom. The molecule has 35 heavy (non-hydrogen) atoms. The first kappa shape index (κ1) is 24.5. The Hall–Kier alpha value is -3.60. The number of amides is 4. The molecule has 0 bridgehead atoms. The molecule has 0 aliphatic carbocycles. The van der Waals surface area contributed by atoms with E-state index in [0.29, 0.717) is 25.8 Å². The van der Waals surface area contributed by atoms with Crippen LogP contribution in [0.1, 0.15) is 37.7 Å². The predicted molar refractivity (Wildman–Crippen MR) is 128 cm³/mol. The first-order chi connectivity index (χ1) is 16.9. The number of hydrogen-bond donors (Lipinski definition) is 4. The molecule has 1 aromatic carbocycles. The van der Waals surface area contributed by atoms with Crippen LogP contribution in [-0.4, -0.2) is 83.4 Å². The molecule has 4 atom stereocenters. The van der Waals surface area contributed by atoms with Crippen LogP contribution < -0.4 is 16.0 Å². The van der Waals surface area contributed by atoms with E-state index in [-0.39, 0.29) is 30.5 Å². The van der Waals surface area contributed by atoms with Crippen molar-refractivity contribution in [1.29, 1.82) is 0 Å². The smallest absolute Gasteiger partial charge is 0.249 e. The summed E-state index contributed by atoms with van der Waals surface area (Å²) in [4.78, 5) is 60.3. The monoisotopic (exact) mass is 482 g/mol. The van der Waals surface area contributed by atoms with Crippen LogP contribution in [0, 0.1) is 0 Å². The van der Waals surface area contributed by atoms with Crippen molar-refractivity contribution in [2.75, 3.05) is 13.1 Å². The van der Waals surface area contributed by atoms with Crippen LogP contribution >= 0.6 is 0 Å². The van der Waals surface area contributed by atoms with E-state index in [4.69, 9.17) is 0 Å². The van der Waals surface area contributed by atoms with E-state index in [1.165, 1.54) is 6.34 Å². The van der Waals surface area contributed by atoms with Gasteiger partial charge in [0.1, 0.15) is 24.2 Å². The van der Waals surface area contributed by atoms with E-state index in [0.717, 1.165) is 18.5 Å². The second kappa shape index (κ2) is 11.2. The maximum Gasteiger partial charge on any atom is 0.249 e. The average molecular weight is 483 g/mol. The molecule has 1 aromatic rings. The fourth-order valence-electron chi connectivity index (χ4n) is 4.60. The largest absolute Gasteiger partial charge is 0.508 e. The van der Waals surface area contributed by atoms with Gasteiger partial charge < -0.3 is 15.7 Å². The number of nitrogens with one attached hydrogen (secondary N) is 3. The zero-order chi connectivity index (χ0) is 24.8. The molecule has 1 unspecified atom stereocenters. The second-order valence-electron chi connectivity index (χ2n) is 9.05. The summed E-state index contributed by atoms with van der Waals surface area (Å²) in [5.41, 5.74) is 1.05. The molecule has 11 heteroatoms. The van der Waals surface area contributed by atoms with Crippen molar-refractivity contribution in [3.63, 3.8) is 0 Å². The minimum absolute atomic E-state index is 0.154. The fraction of sp³-hybridized carbons (Fsp3) is 0.500. The number of likely N-dealkylation sites (tertiary alicyclic amines) is 1. The van der Waals surface area contributed by atoms with Gasteiger partial charge in [0.2, 0.25) is 23.6 Å². The van der Waals surface area contributed by atoms with Gasteiger partial charge >= 0.3 is 0 Å². The van der Waals surface area contributed by atoms with Crippen LogP contribution in [0.5, 0.6) is 5.75 Å². The lowest BCUT2D eigenvalue weighted by Gasteiger charge is -2.25. The number of aromatic hydroxyl groups is 1. The van der Waals surface area contributed by atoms with Crippen molar-refractivity contribution in [3.05, 3.63) is 29.8 Å². The third-order valence-corrected chi connectivity index (χ3v) is 6.54. The molecule has 186 valence electrons. The van der Waals surface area contributed by atoms with Crippen LogP contribution in [0.4, 0.5) is 0 Å². The molecule has 0 aromatic heterocycles. The maximum absolute atomic E-state index is 13.1. The molecule has 4 N–H and O–H groups in total. The van der Waals surface area contributed by atoms with Gasteiger partial charge in [0.25, 0.3) is 0 Å². The lowest BCUT2D eigenvalue weighted by Crippen LogP contribution is -2.55. The number of carbonyl (C=O) groups excluding carboxylic acids is 4. The molecule has 4 rings (SSSR count). The number of rotatable bonds is 9. The van der Waals surface area contributed by atoms with E-state index in [1.54, 1.807) is 18.3 Å². The Labute approximate surface area is 203 Å². The summed E-state index contributed by atoms with van der Waals surface area (Å²) < 4.78 is 0. The zero-order valence-corrected chi connectivity index (χ0v) is 19.4. The van der Waals surface area contributed by atoms with Crippen LogP contribution in [0.25, 0.3) is 0 Å². The first-order valence-corrected chi connectivity index (χ1v) is 11.9. The number of nitrogens with zero attached hydrogens (tertiary/aromatic N) is 3. The molecular weight excluding hydrogens is 452 g/mol. The SMILES string of the molecule is O=C1CC[C@@H](C(=O)N[C@@H](CC2C=NC=N2)C(=O)NC(=O)[C@@H]2CCCN2CCc2ccc(O)cc2)N1.